The summed E-state index contributed by atoms with van der Waals surface area (Å²) in [7, 11) is 0. The zero-order chi connectivity index (χ0) is 15.4. The molecule has 1 aliphatic heterocycles. The summed E-state index contributed by atoms with van der Waals surface area (Å²) in [5.74, 6) is 0.133. The smallest absolute Gasteiger partial charge is 0.238 e. The molecule has 2 N–H and O–H groups in total. The molecule has 2 atom stereocenters. The van der Waals surface area contributed by atoms with Crippen LogP contribution in [0, 0.1) is 5.92 Å². The van der Waals surface area contributed by atoms with E-state index in [2.05, 4.69) is 5.32 Å². The second-order valence-corrected chi connectivity index (χ2v) is 5.75. The van der Waals surface area contributed by atoms with Gasteiger partial charge in [0.15, 0.2) is 5.78 Å². The van der Waals surface area contributed by atoms with Crippen LogP contribution >= 0.6 is 0 Å². The van der Waals surface area contributed by atoms with Gasteiger partial charge in [0.25, 0.3) is 0 Å². The molecule has 0 radical (unpaired) electrons. The summed E-state index contributed by atoms with van der Waals surface area (Å²) < 4.78 is 0. The number of hydrogen-bond acceptors (Lipinski definition) is 4. The van der Waals surface area contributed by atoms with Crippen molar-refractivity contribution in [3.63, 3.8) is 0 Å². The Morgan fingerprint density at radius 2 is 2.19 bits per heavy atom. The lowest BCUT2D eigenvalue weighted by atomic mass is 9.96. The Balaban J connectivity index is 1.90. The number of ketones is 1. The zero-order valence-corrected chi connectivity index (χ0v) is 12.5. The lowest BCUT2D eigenvalue weighted by Crippen LogP contribution is -2.45. The number of hydrogen-bond donors (Lipinski definition) is 2. The first kappa shape index (κ1) is 15.7. The Labute approximate surface area is 125 Å². The van der Waals surface area contributed by atoms with E-state index in [-0.39, 0.29) is 30.3 Å². The van der Waals surface area contributed by atoms with Crippen molar-refractivity contribution in [3.8, 4) is 0 Å². The zero-order valence-electron chi connectivity index (χ0n) is 12.5. The Morgan fingerprint density at radius 1 is 1.43 bits per heavy atom. The van der Waals surface area contributed by atoms with Crippen LogP contribution in [0.1, 0.15) is 30.6 Å². The minimum Gasteiger partial charge on any atom is -0.392 e. The summed E-state index contributed by atoms with van der Waals surface area (Å²) in [6.07, 6.45) is 0.529. The molecule has 1 saturated heterocycles. The maximum atomic E-state index is 12.0. The number of carbonyl (C=O) groups is 2. The number of amides is 1. The van der Waals surface area contributed by atoms with Crippen molar-refractivity contribution < 1.29 is 14.7 Å². The van der Waals surface area contributed by atoms with Gasteiger partial charge < -0.3 is 10.4 Å². The number of piperidine rings is 1. The van der Waals surface area contributed by atoms with E-state index in [4.69, 9.17) is 0 Å². The van der Waals surface area contributed by atoms with Crippen LogP contribution in [0.5, 0.6) is 0 Å². The van der Waals surface area contributed by atoms with Crippen molar-refractivity contribution >= 4 is 17.4 Å². The highest BCUT2D eigenvalue weighted by atomic mass is 16.3. The van der Waals surface area contributed by atoms with Crippen LogP contribution in [0.25, 0.3) is 0 Å². The molecule has 0 bridgehead atoms. The molecule has 5 nitrogen and oxygen atoms in total. The Bertz CT molecular complexity index is 530. The number of Topliss-reactive ketones (excluding diaryl/α,β-unsaturated/α-hetero) is 1. The molecule has 21 heavy (non-hydrogen) atoms. The average Bonchev–Trinajstić information content (AvgIpc) is 2.43. The molecular formula is C16H22N2O3. The number of nitrogens with one attached hydrogen (secondary N) is 1. The molecular weight excluding hydrogens is 268 g/mol. The summed E-state index contributed by atoms with van der Waals surface area (Å²) in [6.45, 7) is 5.13. The first-order valence-corrected chi connectivity index (χ1v) is 7.27. The lowest BCUT2D eigenvalue weighted by Gasteiger charge is -2.33. The minimum absolute atomic E-state index is 0.0285. The number of likely N-dealkylation sites (tertiary alicyclic amines) is 1. The van der Waals surface area contributed by atoms with E-state index in [9.17, 15) is 14.7 Å². The van der Waals surface area contributed by atoms with Gasteiger partial charge in [0.2, 0.25) is 5.91 Å². The van der Waals surface area contributed by atoms with E-state index in [0.717, 1.165) is 13.0 Å². The summed E-state index contributed by atoms with van der Waals surface area (Å²) in [6, 6.07) is 6.91. The largest absolute Gasteiger partial charge is 0.392 e. The number of β-amino-alcohol motifs (C(OH)–C–C–N with tert-alkyl or cyclic N) is 1. The van der Waals surface area contributed by atoms with Crippen molar-refractivity contribution in [1.82, 2.24) is 4.90 Å². The van der Waals surface area contributed by atoms with E-state index in [0.29, 0.717) is 17.8 Å². The Kier molecular flexibility index (Phi) is 5.09. The maximum absolute atomic E-state index is 12.0. The van der Waals surface area contributed by atoms with Crippen molar-refractivity contribution in [2.75, 3.05) is 25.0 Å². The first-order chi connectivity index (χ1) is 9.95. The third-order valence-corrected chi connectivity index (χ3v) is 3.92. The molecule has 1 heterocycles. The van der Waals surface area contributed by atoms with Crippen molar-refractivity contribution in [1.29, 1.82) is 0 Å². The lowest BCUT2D eigenvalue weighted by molar-refractivity contribution is -0.118. The normalized spacial score (nSPS) is 22.8. The SMILES string of the molecule is CC(=O)c1cccc(NC(=O)CN2CCC(C)C(O)C2)c1. The molecule has 2 rings (SSSR count). The van der Waals surface area contributed by atoms with E-state index >= 15 is 0 Å². The van der Waals surface area contributed by atoms with Gasteiger partial charge in [-0.15, -0.1) is 0 Å². The number of carbonyl (C=O) groups excluding carboxylic acids is 2. The molecule has 1 aromatic rings. The van der Waals surface area contributed by atoms with Gasteiger partial charge in [-0.2, -0.15) is 0 Å². The molecule has 0 saturated carbocycles. The van der Waals surface area contributed by atoms with Crippen molar-refractivity contribution in [2.45, 2.75) is 26.4 Å². The molecule has 0 spiro atoms. The molecule has 1 fully saturated rings. The van der Waals surface area contributed by atoms with Crippen LogP contribution in [-0.4, -0.2) is 47.4 Å². The Hall–Kier alpha value is -1.72. The van der Waals surface area contributed by atoms with Crippen LogP contribution in [0.15, 0.2) is 24.3 Å². The highest BCUT2D eigenvalue weighted by Crippen LogP contribution is 2.17. The van der Waals surface area contributed by atoms with Crippen molar-refractivity contribution in [3.05, 3.63) is 29.8 Å². The topological polar surface area (TPSA) is 69.6 Å². The predicted octanol–water partition coefficient (Wildman–Crippen LogP) is 1.53. The second-order valence-electron chi connectivity index (χ2n) is 5.75. The fraction of sp³-hybridized carbons (Fsp3) is 0.500. The van der Waals surface area contributed by atoms with E-state index in [1.165, 1.54) is 6.92 Å². The standard InChI is InChI=1S/C16H22N2O3/c1-11-6-7-18(9-15(11)20)10-16(21)17-14-5-3-4-13(8-14)12(2)19/h3-5,8,11,15,20H,6-7,9-10H2,1-2H3,(H,17,21). The number of nitrogens with zero attached hydrogens (tertiary/aromatic N) is 1. The number of aliphatic hydroxyl groups excluding tert-OH is 1. The quantitative estimate of drug-likeness (QED) is 0.825. The molecule has 1 amide bonds. The minimum atomic E-state index is -0.368. The van der Waals surface area contributed by atoms with Gasteiger partial charge >= 0.3 is 0 Å². The van der Waals surface area contributed by atoms with Crippen LogP contribution < -0.4 is 5.32 Å². The Morgan fingerprint density at radius 3 is 2.86 bits per heavy atom. The third-order valence-electron chi connectivity index (χ3n) is 3.92. The molecule has 0 aliphatic carbocycles. The fourth-order valence-electron chi connectivity index (χ4n) is 2.48. The highest BCUT2D eigenvalue weighted by Gasteiger charge is 2.25. The molecule has 5 heteroatoms. The van der Waals surface area contributed by atoms with Crippen LogP contribution in [-0.2, 0) is 4.79 Å². The predicted molar refractivity (Wildman–Crippen MR) is 81.3 cm³/mol. The van der Waals surface area contributed by atoms with E-state index in [1.807, 2.05) is 11.8 Å². The molecule has 2 unspecified atom stereocenters. The van der Waals surface area contributed by atoms with E-state index in [1.54, 1.807) is 24.3 Å². The number of benzene rings is 1. The summed E-state index contributed by atoms with van der Waals surface area (Å²) in [5, 5.41) is 12.6. The van der Waals surface area contributed by atoms with Crippen LogP contribution in [0.2, 0.25) is 0 Å². The number of aliphatic hydroxyl groups is 1. The molecule has 114 valence electrons. The van der Waals surface area contributed by atoms with Crippen molar-refractivity contribution in [2.24, 2.45) is 5.92 Å². The van der Waals surface area contributed by atoms with Gasteiger partial charge in [0.1, 0.15) is 0 Å². The summed E-state index contributed by atoms with van der Waals surface area (Å²) in [4.78, 5) is 25.3. The van der Waals surface area contributed by atoms with Crippen LogP contribution in [0.3, 0.4) is 0 Å². The second kappa shape index (κ2) is 6.83. The summed E-state index contributed by atoms with van der Waals surface area (Å²) in [5.41, 5.74) is 1.20. The third kappa shape index (κ3) is 4.37. The van der Waals surface area contributed by atoms with Gasteiger partial charge in [0, 0.05) is 17.8 Å². The fourth-order valence-corrected chi connectivity index (χ4v) is 2.48. The van der Waals surface area contributed by atoms with Gasteiger partial charge in [-0.25, -0.2) is 0 Å². The monoisotopic (exact) mass is 290 g/mol. The summed E-state index contributed by atoms with van der Waals surface area (Å²) >= 11 is 0. The van der Waals surface area contributed by atoms with Gasteiger partial charge in [-0.05, 0) is 37.9 Å². The number of rotatable bonds is 4. The highest BCUT2D eigenvalue weighted by molar-refractivity contribution is 5.97. The molecule has 1 aromatic carbocycles. The van der Waals surface area contributed by atoms with Gasteiger partial charge in [-0.3, -0.25) is 14.5 Å². The average molecular weight is 290 g/mol. The first-order valence-electron chi connectivity index (χ1n) is 7.27. The van der Waals surface area contributed by atoms with Crippen LogP contribution in [0.4, 0.5) is 5.69 Å². The van der Waals surface area contributed by atoms with E-state index < -0.39 is 0 Å². The van der Waals surface area contributed by atoms with Gasteiger partial charge in [0.05, 0.1) is 12.6 Å². The van der Waals surface area contributed by atoms with Gasteiger partial charge in [-0.1, -0.05) is 19.1 Å². The maximum Gasteiger partial charge on any atom is 0.238 e. The molecule has 0 aromatic heterocycles. The number of anilines is 1. The molecule has 1 aliphatic rings.